The molecule has 0 amide bonds. The molecule has 0 aliphatic carbocycles. The second kappa shape index (κ2) is 11.0. The second-order valence-electron chi connectivity index (χ2n) is 7.83. The average Bonchev–Trinajstić information content (AvgIpc) is 2.83. The monoisotopic (exact) mass is 511 g/mol. The Hall–Kier alpha value is -3.23. The van der Waals surface area contributed by atoms with Crippen LogP contribution >= 0.6 is 23.4 Å². The molecule has 0 saturated carbocycles. The lowest BCUT2D eigenvalue weighted by Gasteiger charge is -2.29. The number of carbonyl (C=O) groups excluding carboxylic acids is 1. The summed E-state index contributed by atoms with van der Waals surface area (Å²) >= 11 is 7.65. The van der Waals surface area contributed by atoms with Gasteiger partial charge in [-0.25, -0.2) is 9.78 Å². The van der Waals surface area contributed by atoms with Crippen molar-refractivity contribution in [2.24, 2.45) is 0 Å². The number of esters is 1. The molecule has 1 unspecified atom stereocenters. The fourth-order valence-electron chi connectivity index (χ4n) is 4.00. The number of anilines is 1. The first kappa shape index (κ1) is 24.9. The summed E-state index contributed by atoms with van der Waals surface area (Å²) in [5.41, 5.74) is 2.73. The highest BCUT2D eigenvalue weighted by Gasteiger charge is 2.36. The van der Waals surface area contributed by atoms with Gasteiger partial charge in [0, 0.05) is 16.5 Å². The molecule has 0 spiro atoms. The van der Waals surface area contributed by atoms with Crippen molar-refractivity contribution in [3.05, 3.63) is 91.9 Å². The maximum Gasteiger partial charge on any atom is 0.336 e. The van der Waals surface area contributed by atoms with E-state index in [1.807, 2.05) is 55.5 Å². The molecule has 2 N–H and O–H groups in total. The molecule has 1 aliphatic rings. The van der Waals surface area contributed by atoms with E-state index in [4.69, 9.17) is 21.1 Å². The zero-order chi connectivity index (χ0) is 24.9. The summed E-state index contributed by atoms with van der Waals surface area (Å²) in [4.78, 5) is 33.9. The number of nitrogens with zero attached hydrogens (tertiary/aromatic N) is 1. The number of thioether (sulfide) groups is 1. The summed E-state index contributed by atoms with van der Waals surface area (Å²) in [5.74, 6) is 0.563. The quantitative estimate of drug-likeness (QED) is 0.234. The van der Waals surface area contributed by atoms with Crippen LogP contribution in [0.1, 0.15) is 43.4 Å². The highest BCUT2D eigenvalue weighted by atomic mass is 35.5. The predicted molar refractivity (Wildman–Crippen MR) is 138 cm³/mol. The fourth-order valence-corrected chi connectivity index (χ4v) is 5.14. The number of hydrogen-bond donors (Lipinski definition) is 2. The van der Waals surface area contributed by atoms with Gasteiger partial charge in [0.2, 0.25) is 0 Å². The van der Waals surface area contributed by atoms with Crippen LogP contribution in [0.3, 0.4) is 0 Å². The zero-order valence-corrected chi connectivity index (χ0v) is 21.3. The van der Waals surface area contributed by atoms with Gasteiger partial charge in [0.1, 0.15) is 11.6 Å². The number of allylic oxidation sites excluding steroid dienone is 1. The maximum absolute atomic E-state index is 13.4. The summed E-state index contributed by atoms with van der Waals surface area (Å²) in [6.45, 7) is 6.22. The van der Waals surface area contributed by atoms with Gasteiger partial charge >= 0.3 is 5.97 Å². The first-order valence-electron chi connectivity index (χ1n) is 11.3. The Morgan fingerprint density at radius 1 is 1.11 bits per heavy atom. The molecule has 4 rings (SSSR count). The van der Waals surface area contributed by atoms with Crippen molar-refractivity contribution >= 4 is 35.1 Å². The van der Waals surface area contributed by atoms with E-state index in [2.05, 4.69) is 15.3 Å². The van der Waals surface area contributed by atoms with Crippen LogP contribution < -0.4 is 15.6 Å². The van der Waals surface area contributed by atoms with Gasteiger partial charge in [-0.3, -0.25) is 4.79 Å². The number of ether oxygens (including phenoxy) is 2. The van der Waals surface area contributed by atoms with Crippen LogP contribution in [0.2, 0.25) is 5.02 Å². The lowest BCUT2D eigenvalue weighted by Crippen LogP contribution is -2.31. The van der Waals surface area contributed by atoms with Crippen molar-refractivity contribution in [1.82, 2.24) is 9.97 Å². The number of fused-ring (bicyclic) bond motifs is 1. The van der Waals surface area contributed by atoms with E-state index in [-0.39, 0.29) is 12.2 Å². The van der Waals surface area contributed by atoms with Crippen molar-refractivity contribution in [3.63, 3.8) is 0 Å². The Bertz CT molecular complexity index is 1320. The Kier molecular flexibility index (Phi) is 7.83. The van der Waals surface area contributed by atoms with Crippen LogP contribution in [0.4, 0.5) is 5.82 Å². The lowest BCUT2D eigenvalue weighted by molar-refractivity contribution is -0.138. The maximum atomic E-state index is 13.4. The molecule has 1 aromatic heterocycles. The number of aromatic amines is 1. The van der Waals surface area contributed by atoms with E-state index >= 15 is 0 Å². The van der Waals surface area contributed by atoms with Crippen molar-refractivity contribution in [2.45, 2.75) is 37.6 Å². The zero-order valence-electron chi connectivity index (χ0n) is 19.7. The number of carbonyl (C=O) groups is 1. The van der Waals surface area contributed by atoms with Gasteiger partial charge < -0.3 is 19.8 Å². The van der Waals surface area contributed by atoms with E-state index in [1.54, 1.807) is 13.8 Å². The lowest BCUT2D eigenvalue weighted by atomic mass is 9.82. The summed E-state index contributed by atoms with van der Waals surface area (Å²) in [7, 11) is 0. The van der Waals surface area contributed by atoms with Gasteiger partial charge in [-0.15, -0.1) is 0 Å². The second-order valence-corrected chi connectivity index (χ2v) is 9.20. The number of H-pyrrole nitrogens is 1. The molecule has 3 aromatic rings. The number of benzene rings is 2. The highest BCUT2D eigenvalue weighted by molar-refractivity contribution is 7.98. The topological polar surface area (TPSA) is 93.3 Å². The normalized spacial score (nSPS) is 14.8. The summed E-state index contributed by atoms with van der Waals surface area (Å²) in [6.07, 6.45) is 0. The molecule has 2 aromatic carbocycles. The number of aromatic nitrogens is 2. The minimum atomic E-state index is -0.639. The molecule has 182 valence electrons. The van der Waals surface area contributed by atoms with Gasteiger partial charge in [-0.05, 0) is 50.1 Å². The van der Waals surface area contributed by atoms with Gasteiger partial charge in [-0.1, -0.05) is 53.7 Å². The molecule has 7 nitrogen and oxygen atoms in total. The number of hydrogen-bond acceptors (Lipinski definition) is 7. The first-order valence-corrected chi connectivity index (χ1v) is 12.7. The summed E-state index contributed by atoms with van der Waals surface area (Å²) in [5, 5.41) is 4.27. The number of rotatable bonds is 8. The molecule has 0 radical (unpaired) electrons. The van der Waals surface area contributed by atoms with Gasteiger partial charge in [0.25, 0.3) is 5.56 Å². The standard InChI is InChI=1S/C26H26ClN3O4S/c1-4-33-18-12-10-16(11-13-18)21-20(25(32)34-5-2)15(3)28-23-22(21)24(31)30-26(29-23)35-14-17-8-6-7-9-19(17)27/h6-13,21H,4-5,14H2,1-3H3,(H2,28,29,30,31). The van der Waals surface area contributed by atoms with E-state index in [0.29, 0.717) is 50.9 Å². The van der Waals surface area contributed by atoms with Crippen LogP contribution in [0, 0.1) is 0 Å². The van der Waals surface area contributed by atoms with Crippen LogP contribution in [0.15, 0.2) is 69.8 Å². The molecular formula is C26H26ClN3O4S. The molecule has 0 bridgehead atoms. The first-order chi connectivity index (χ1) is 16.9. The van der Waals surface area contributed by atoms with Crippen molar-refractivity contribution in [1.29, 1.82) is 0 Å². The van der Waals surface area contributed by atoms with Crippen LogP contribution in [-0.2, 0) is 15.3 Å². The Morgan fingerprint density at radius 3 is 2.54 bits per heavy atom. The third-order valence-electron chi connectivity index (χ3n) is 5.56. The van der Waals surface area contributed by atoms with Gasteiger partial charge in [-0.2, -0.15) is 0 Å². The van der Waals surface area contributed by atoms with Crippen LogP contribution in [-0.4, -0.2) is 29.2 Å². The highest BCUT2D eigenvalue weighted by Crippen LogP contribution is 2.40. The number of halogens is 1. The van der Waals surface area contributed by atoms with Crippen molar-refractivity contribution < 1.29 is 14.3 Å². The van der Waals surface area contributed by atoms with Crippen molar-refractivity contribution in [2.75, 3.05) is 18.5 Å². The number of nitrogens with one attached hydrogen (secondary N) is 2. The van der Waals surface area contributed by atoms with E-state index in [1.165, 1.54) is 11.8 Å². The third-order valence-corrected chi connectivity index (χ3v) is 6.85. The molecule has 0 saturated heterocycles. The minimum absolute atomic E-state index is 0.227. The molecular weight excluding hydrogens is 486 g/mol. The van der Waals surface area contributed by atoms with Crippen LogP contribution in [0.25, 0.3) is 0 Å². The van der Waals surface area contributed by atoms with E-state index in [0.717, 1.165) is 11.1 Å². The minimum Gasteiger partial charge on any atom is -0.494 e. The Morgan fingerprint density at radius 2 is 1.86 bits per heavy atom. The molecule has 9 heteroatoms. The van der Waals surface area contributed by atoms with Gasteiger partial charge in [0.15, 0.2) is 5.16 Å². The molecule has 0 fully saturated rings. The Balaban J connectivity index is 1.75. The summed E-state index contributed by atoms with van der Waals surface area (Å²) < 4.78 is 10.9. The predicted octanol–water partition coefficient (Wildman–Crippen LogP) is 5.51. The molecule has 1 atom stereocenters. The van der Waals surface area contributed by atoms with Crippen LogP contribution in [0.5, 0.6) is 5.75 Å². The SMILES string of the molecule is CCOC(=O)C1=C(C)Nc2nc(SCc3ccccc3Cl)[nH]c(=O)c2C1c1ccc(OCC)cc1. The fraction of sp³-hybridized carbons (Fsp3) is 0.269. The van der Waals surface area contributed by atoms with E-state index < -0.39 is 11.9 Å². The molecule has 1 aliphatic heterocycles. The Labute approximate surface area is 212 Å². The third kappa shape index (κ3) is 5.39. The molecule has 2 heterocycles. The average molecular weight is 512 g/mol. The van der Waals surface area contributed by atoms with Gasteiger partial charge in [0.05, 0.1) is 30.3 Å². The van der Waals surface area contributed by atoms with E-state index in [9.17, 15) is 9.59 Å². The smallest absolute Gasteiger partial charge is 0.336 e. The van der Waals surface area contributed by atoms with Crippen molar-refractivity contribution in [3.8, 4) is 5.75 Å². The molecule has 35 heavy (non-hydrogen) atoms. The summed E-state index contributed by atoms with van der Waals surface area (Å²) in [6, 6.07) is 14.9. The largest absolute Gasteiger partial charge is 0.494 e.